The van der Waals surface area contributed by atoms with E-state index >= 15 is 0 Å². The van der Waals surface area contributed by atoms with Gasteiger partial charge in [-0.15, -0.1) is 0 Å². The topological polar surface area (TPSA) is 37.4 Å². The molecule has 2 heterocycles. The number of carbonyl (C=O) groups is 2. The predicted octanol–water partition coefficient (Wildman–Crippen LogP) is 7.47. The smallest absolute Gasteiger partial charge is 0.418 e. The Morgan fingerprint density at radius 1 is 0.750 bits per heavy atom. The lowest BCUT2D eigenvalue weighted by Crippen LogP contribution is -2.30. The minimum absolute atomic E-state index is 0.0604. The molecule has 0 aliphatic carbocycles. The Morgan fingerprint density at radius 3 is 1.75 bits per heavy atom. The van der Waals surface area contributed by atoms with Crippen molar-refractivity contribution in [2.45, 2.75) is 38.8 Å². The molecule has 186 valence electrons. The molecule has 0 saturated carbocycles. The quantitative estimate of drug-likeness (QED) is 0.109. The van der Waals surface area contributed by atoms with Gasteiger partial charge in [0.2, 0.25) is 0 Å². The van der Waals surface area contributed by atoms with E-state index in [1.54, 1.807) is 24.3 Å². The molecular formula is C26H22BF4NO2S2. The minimum Gasteiger partial charge on any atom is -0.418 e. The molecule has 2 aliphatic rings. The Balaban J connectivity index is 0.000000556. The number of amides is 2. The summed E-state index contributed by atoms with van der Waals surface area (Å²) in [6.07, 6.45) is 4.95. The van der Waals surface area contributed by atoms with E-state index < -0.39 is 7.25 Å². The molecule has 0 fully saturated rings. The van der Waals surface area contributed by atoms with Crippen molar-refractivity contribution in [2.75, 3.05) is 6.54 Å². The van der Waals surface area contributed by atoms with Crippen molar-refractivity contribution in [1.29, 1.82) is 0 Å². The van der Waals surface area contributed by atoms with Crippen molar-refractivity contribution >= 4 is 41.7 Å². The Bertz CT molecular complexity index is 1210. The zero-order valence-electron chi connectivity index (χ0n) is 19.1. The Labute approximate surface area is 214 Å². The highest BCUT2D eigenvalue weighted by molar-refractivity contribution is 8.05. The van der Waals surface area contributed by atoms with Gasteiger partial charge in [-0.05, 0) is 61.7 Å². The van der Waals surface area contributed by atoms with E-state index in [4.69, 9.17) is 0 Å². The highest BCUT2D eigenvalue weighted by Crippen LogP contribution is 2.45. The van der Waals surface area contributed by atoms with E-state index in [2.05, 4.69) is 60.0 Å². The number of carbonyl (C=O) groups excluding carboxylic acids is 2. The molecule has 0 saturated heterocycles. The van der Waals surface area contributed by atoms with Crippen molar-refractivity contribution in [3.63, 3.8) is 0 Å². The van der Waals surface area contributed by atoms with Crippen LogP contribution in [0.4, 0.5) is 17.3 Å². The summed E-state index contributed by atoms with van der Waals surface area (Å²) in [7, 11) is -6.06. The van der Waals surface area contributed by atoms with Gasteiger partial charge in [-0.25, -0.2) is 0 Å². The number of imide groups is 1. The number of unbranched alkanes of at least 4 members (excludes halogenated alkanes) is 2. The van der Waals surface area contributed by atoms with Crippen LogP contribution in [0.5, 0.6) is 0 Å². The molecule has 2 amide bonds. The first-order chi connectivity index (χ1) is 17.2. The number of rotatable bonds is 6. The summed E-state index contributed by atoms with van der Waals surface area (Å²) < 4.78 is 39.0. The molecule has 5 rings (SSSR count). The maximum Gasteiger partial charge on any atom is 0.673 e. The second-order valence-corrected chi connectivity index (χ2v) is 10.9. The molecule has 3 aromatic carbocycles. The second kappa shape index (κ2) is 11.4. The van der Waals surface area contributed by atoms with Crippen LogP contribution >= 0.6 is 11.8 Å². The fraction of sp³-hybridized carbons (Fsp3) is 0.154. The lowest BCUT2D eigenvalue weighted by Gasteiger charge is -2.16. The molecule has 3 nitrogen and oxygen atoms in total. The Kier molecular flexibility index (Phi) is 8.26. The summed E-state index contributed by atoms with van der Waals surface area (Å²) in [4.78, 5) is 31.7. The highest BCUT2D eigenvalue weighted by Gasteiger charge is 2.35. The van der Waals surface area contributed by atoms with Crippen molar-refractivity contribution < 1.29 is 26.9 Å². The Hall–Kier alpha value is -2.98. The third-order valence-corrected chi connectivity index (χ3v) is 9.04. The van der Waals surface area contributed by atoms with Crippen LogP contribution < -0.4 is 0 Å². The number of allylic oxidation sites excluding steroid dienone is 1. The van der Waals surface area contributed by atoms with E-state index in [1.165, 1.54) is 24.5 Å². The van der Waals surface area contributed by atoms with Crippen molar-refractivity contribution in [3.8, 4) is 0 Å². The standard InChI is InChI=1S/C26H22NO2S2.BF4/c28-25-19-11-3-4-12-20(19)26(29)27(25)17-9-1-2-10-18-31-23-15-7-5-13-21(23)30-22-14-6-8-16-24(22)31;2-1(3,4)5/h3-8,10-16,18H,1-2,9,17H2;/q+1;-1. The van der Waals surface area contributed by atoms with Gasteiger partial charge in [0.1, 0.15) is 5.41 Å². The van der Waals surface area contributed by atoms with Crippen LogP contribution in [0.3, 0.4) is 0 Å². The first-order valence-corrected chi connectivity index (χ1v) is 13.4. The second-order valence-electron chi connectivity index (χ2n) is 8.00. The molecule has 36 heavy (non-hydrogen) atoms. The molecular weight excluding hydrogens is 509 g/mol. The van der Waals surface area contributed by atoms with Gasteiger partial charge in [-0.1, -0.05) is 48.2 Å². The third kappa shape index (κ3) is 6.23. The average molecular weight is 531 g/mol. The number of fused-ring (bicyclic) bond motifs is 3. The molecule has 0 atom stereocenters. The SMILES string of the molecule is F[B-](F)(F)F.O=C1c2ccccc2C(=O)N1CCCCC=C[S+]1c2ccccc2Sc2ccccc21. The summed E-state index contributed by atoms with van der Waals surface area (Å²) >= 11 is 1.85. The molecule has 0 unspecified atom stereocenters. The first kappa shape index (κ1) is 26.1. The molecule has 0 radical (unpaired) electrons. The average Bonchev–Trinajstić information content (AvgIpc) is 3.09. The lowest BCUT2D eigenvalue weighted by atomic mass is 10.1. The van der Waals surface area contributed by atoms with Crippen LogP contribution in [0.15, 0.2) is 104 Å². The maximum atomic E-state index is 12.5. The van der Waals surface area contributed by atoms with Gasteiger partial charge >= 0.3 is 7.25 Å². The van der Waals surface area contributed by atoms with Crippen LogP contribution in [0.1, 0.15) is 40.0 Å². The van der Waals surface area contributed by atoms with Gasteiger partial charge < -0.3 is 17.3 Å². The number of hydrogen-bond acceptors (Lipinski definition) is 3. The summed E-state index contributed by atoms with van der Waals surface area (Å²) in [5.41, 5.74) is 1.06. The van der Waals surface area contributed by atoms with Gasteiger partial charge in [0, 0.05) is 6.54 Å². The van der Waals surface area contributed by atoms with Gasteiger partial charge in [-0.3, -0.25) is 14.5 Å². The molecule has 0 spiro atoms. The number of hydrogen-bond donors (Lipinski definition) is 0. The zero-order valence-corrected chi connectivity index (χ0v) is 20.7. The van der Waals surface area contributed by atoms with E-state index in [1.807, 2.05) is 11.8 Å². The predicted molar refractivity (Wildman–Crippen MR) is 136 cm³/mol. The zero-order chi connectivity index (χ0) is 25.7. The Morgan fingerprint density at radius 2 is 1.22 bits per heavy atom. The van der Waals surface area contributed by atoms with E-state index in [0.717, 1.165) is 19.3 Å². The van der Waals surface area contributed by atoms with Crippen LogP contribution in [0.2, 0.25) is 0 Å². The normalized spacial score (nSPS) is 14.8. The molecule has 2 aliphatic heterocycles. The van der Waals surface area contributed by atoms with Crippen molar-refractivity contribution in [3.05, 3.63) is 95.4 Å². The van der Waals surface area contributed by atoms with E-state index in [9.17, 15) is 26.9 Å². The van der Waals surface area contributed by atoms with Gasteiger partial charge in [-0.2, -0.15) is 0 Å². The van der Waals surface area contributed by atoms with Crippen LogP contribution in [0.25, 0.3) is 0 Å². The molecule has 3 aromatic rings. The molecule has 10 heteroatoms. The monoisotopic (exact) mass is 531 g/mol. The fourth-order valence-corrected chi connectivity index (χ4v) is 7.49. The first-order valence-electron chi connectivity index (χ1n) is 11.3. The van der Waals surface area contributed by atoms with E-state index in [0.29, 0.717) is 17.7 Å². The minimum atomic E-state index is -6.00. The largest absolute Gasteiger partial charge is 0.673 e. The van der Waals surface area contributed by atoms with Crippen molar-refractivity contribution in [2.24, 2.45) is 0 Å². The van der Waals surface area contributed by atoms with Gasteiger partial charge in [0.25, 0.3) is 11.8 Å². The number of halogens is 4. The summed E-state index contributed by atoms with van der Waals surface area (Å²) in [5, 5.41) is 2.33. The number of benzene rings is 3. The molecule has 0 N–H and O–H groups in total. The lowest BCUT2D eigenvalue weighted by molar-refractivity contribution is 0.0651. The highest BCUT2D eigenvalue weighted by atomic mass is 32.2. The molecule has 0 bridgehead atoms. The summed E-state index contributed by atoms with van der Waals surface area (Å²) in [6.45, 7) is 0.480. The summed E-state index contributed by atoms with van der Waals surface area (Å²) in [5.74, 6) is -0.323. The van der Waals surface area contributed by atoms with E-state index in [-0.39, 0.29) is 22.7 Å². The van der Waals surface area contributed by atoms with Gasteiger partial charge in [0.15, 0.2) is 9.79 Å². The van der Waals surface area contributed by atoms with Gasteiger partial charge in [0.05, 0.1) is 31.8 Å². The fourth-order valence-electron chi connectivity index (χ4n) is 3.95. The maximum absolute atomic E-state index is 12.5. The van der Waals surface area contributed by atoms with Crippen LogP contribution in [-0.4, -0.2) is 30.5 Å². The van der Waals surface area contributed by atoms with Crippen molar-refractivity contribution in [1.82, 2.24) is 4.90 Å². The number of nitrogens with zero attached hydrogens (tertiary/aromatic N) is 1. The molecule has 0 aromatic heterocycles. The van der Waals surface area contributed by atoms with Crippen LogP contribution in [0, 0.1) is 0 Å². The summed E-state index contributed by atoms with van der Waals surface area (Å²) in [6, 6.07) is 24.4. The van der Waals surface area contributed by atoms with Crippen LogP contribution in [-0.2, 0) is 10.9 Å². The third-order valence-electron chi connectivity index (χ3n) is 5.51.